The van der Waals surface area contributed by atoms with E-state index in [1.54, 1.807) is 6.07 Å². The first-order valence-corrected chi connectivity index (χ1v) is 5.14. The van der Waals surface area contributed by atoms with E-state index in [1.807, 2.05) is 0 Å². The molecule has 0 saturated heterocycles. The van der Waals surface area contributed by atoms with Crippen LogP contribution in [0, 0.1) is 10.1 Å². The Morgan fingerprint density at radius 3 is 2.67 bits per heavy atom. The molecule has 0 bridgehead atoms. The van der Waals surface area contributed by atoms with Gasteiger partial charge < -0.3 is 15.2 Å². The minimum absolute atomic E-state index is 0.0417. The minimum Gasteiger partial charge on any atom is -0.490 e. The van der Waals surface area contributed by atoms with Crippen molar-refractivity contribution in [1.29, 1.82) is 0 Å². The van der Waals surface area contributed by atoms with Crippen LogP contribution in [-0.4, -0.2) is 25.1 Å². The topological polar surface area (TPSA) is 105 Å². The van der Waals surface area contributed by atoms with Gasteiger partial charge in [0, 0.05) is 12.1 Å². The Kier molecular flexibility index (Phi) is 4.61. The Hall–Kier alpha value is -2.15. The van der Waals surface area contributed by atoms with Crippen LogP contribution in [0.5, 0.6) is 5.75 Å². The predicted molar refractivity (Wildman–Crippen MR) is 63.2 cm³/mol. The molecule has 0 radical (unpaired) electrons. The third-order valence-electron chi connectivity index (χ3n) is 2.44. The summed E-state index contributed by atoms with van der Waals surface area (Å²) in [7, 11) is 2.60. The molecule has 7 nitrogen and oxygen atoms in total. The number of esters is 1. The molecule has 7 heteroatoms. The van der Waals surface area contributed by atoms with Crippen molar-refractivity contribution >= 4 is 11.7 Å². The summed E-state index contributed by atoms with van der Waals surface area (Å²) in [6, 6.07) is 3.68. The van der Waals surface area contributed by atoms with Crippen molar-refractivity contribution < 1.29 is 19.2 Å². The van der Waals surface area contributed by atoms with E-state index in [-0.39, 0.29) is 17.9 Å². The zero-order valence-electron chi connectivity index (χ0n) is 10.1. The molecule has 0 unspecified atom stereocenters. The van der Waals surface area contributed by atoms with E-state index in [0.29, 0.717) is 5.56 Å². The summed E-state index contributed by atoms with van der Waals surface area (Å²) in [6.07, 6.45) is -0.0417. The molecule has 18 heavy (non-hydrogen) atoms. The number of benzene rings is 1. The van der Waals surface area contributed by atoms with Gasteiger partial charge in [-0.1, -0.05) is 6.07 Å². The molecule has 1 aromatic rings. The molecule has 0 saturated carbocycles. The van der Waals surface area contributed by atoms with Gasteiger partial charge in [-0.2, -0.15) is 0 Å². The molecule has 0 amide bonds. The first-order chi connectivity index (χ1) is 8.49. The number of methoxy groups -OCH3 is 2. The van der Waals surface area contributed by atoms with Crippen LogP contribution < -0.4 is 10.5 Å². The molecule has 0 fully saturated rings. The first kappa shape index (κ1) is 13.9. The van der Waals surface area contributed by atoms with E-state index in [2.05, 4.69) is 4.74 Å². The molecule has 0 spiro atoms. The quantitative estimate of drug-likeness (QED) is 0.480. The number of nitrogens with zero attached hydrogens (tertiary/aromatic N) is 1. The Balaban J connectivity index is 3.00. The van der Waals surface area contributed by atoms with Crippen LogP contribution in [0.15, 0.2) is 18.2 Å². The van der Waals surface area contributed by atoms with Crippen molar-refractivity contribution in [3.05, 3.63) is 33.9 Å². The van der Waals surface area contributed by atoms with Crippen molar-refractivity contribution in [2.45, 2.75) is 12.5 Å². The van der Waals surface area contributed by atoms with Crippen molar-refractivity contribution in [2.75, 3.05) is 14.2 Å². The zero-order valence-corrected chi connectivity index (χ0v) is 10.1. The van der Waals surface area contributed by atoms with Crippen LogP contribution in [0.1, 0.15) is 18.0 Å². The van der Waals surface area contributed by atoms with Gasteiger partial charge in [0.2, 0.25) is 0 Å². The minimum atomic E-state index is -0.651. The second kappa shape index (κ2) is 5.97. The van der Waals surface area contributed by atoms with Gasteiger partial charge in [-0.3, -0.25) is 14.9 Å². The van der Waals surface area contributed by atoms with Crippen molar-refractivity contribution in [3.63, 3.8) is 0 Å². The Bertz CT molecular complexity index is 461. The Morgan fingerprint density at radius 2 is 2.17 bits per heavy atom. The second-order valence-electron chi connectivity index (χ2n) is 3.58. The van der Waals surface area contributed by atoms with E-state index < -0.39 is 16.9 Å². The lowest BCUT2D eigenvalue weighted by molar-refractivity contribution is -0.385. The maximum atomic E-state index is 11.1. The number of carbonyl (C=O) groups excluding carboxylic acids is 1. The molecule has 1 aromatic carbocycles. The van der Waals surface area contributed by atoms with Crippen LogP contribution in [0.4, 0.5) is 5.69 Å². The average Bonchev–Trinajstić information content (AvgIpc) is 2.37. The van der Waals surface area contributed by atoms with Gasteiger partial charge in [-0.25, -0.2) is 0 Å². The zero-order chi connectivity index (χ0) is 13.7. The van der Waals surface area contributed by atoms with E-state index in [0.717, 1.165) is 0 Å². The van der Waals surface area contributed by atoms with Crippen LogP contribution in [0.25, 0.3) is 0 Å². The molecule has 2 N–H and O–H groups in total. The summed E-state index contributed by atoms with van der Waals surface area (Å²) in [5.74, 6) is -0.324. The molecule has 1 rings (SSSR count). The fraction of sp³-hybridized carbons (Fsp3) is 0.364. The lowest BCUT2D eigenvalue weighted by atomic mass is 10.0. The third kappa shape index (κ3) is 3.17. The highest BCUT2D eigenvalue weighted by Gasteiger charge is 2.19. The monoisotopic (exact) mass is 254 g/mol. The molecule has 98 valence electrons. The number of hydrogen-bond donors (Lipinski definition) is 1. The smallest absolute Gasteiger partial charge is 0.311 e. The van der Waals surface area contributed by atoms with Gasteiger partial charge in [0.1, 0.15) is 0 Å². The summed E-state index contributed by atoms with van der Waals surface area (Å²) < 4.78 is 9.36. The summed E-state index contributed by atoms with van der Waals surface area (Å²) in [4.78, 5) is 21.3. The van der Waals surface area contributed by atoms with Crippen LogP contribution in [0.3, 0.4) is 0 Å². The molecule has 0 heterocycles. The number of ether oxygens (including phenoxy) is 2. The van der Waals surface area contributed by atoms with Crippen LogP contribution in [-0.2, 0) is 9.53 Å². The fourth-order valence-electron chi connectivity index (χ4n) is 1.46. The summed E-state index contributed by atoms with van der Waals surface area (Å²) >= 11 is 0. The third-order valence-corrected chi connectivity index (χ3v) is 2.44. The first-order valence-electron chi connectivity index (χ1n) is 5.14. The van der Waals surface area contributed by atoms with E-state index in [4.69, 9.17) is 10.5 Å². The molecule has 1 atom stereocenters. The standard InChI is InChI=1S/C11H14N2O5/c1-17-10-4-3-7(5-9(10)13(15)16)8(12)6-11(14)18-2/h3-5,8H,6,12H2,1-2H3/t8-/m1/s1. The van der Waals surface area contributed by atoms with E-state index >= 15 is 0 Å². The summed E-state index contributed by atoms with van der Waals surface area (Å²) in [5.41, 5.74) is 6.06. The van der Waals surface area contributed by atoms with Crippen LogP contribution >= 0.6 is 0 Å². The normalized spacial score (nSPS) is 11.7. The van der Waals surface area contributed by atoms with Gasteiger partial charge in [-0.05, 0) is 11.6 Å². The maximum absolute atomic E-state index is 11.1. The predicted octanol–water partition coefficient (Wildman–Crippen LogP) is 1.17. The molecule has 0 aliphatic rings. The van der Waals surface area contributed by atoms with Gasteiger partial charge in [-0.15, -0.1) is 0 Å². The maximum Gasteiger partial charge on any atom is 0.311 e. The SMILES string of the molecule is COC(=O)C[C@@H](N)c1ccc(OC)c([N+](=O)[O-])c1. The second-order valence-corrected chi connectivity index (χ2v) is 3.58. The lowest BCUT2D eigenvalue weighted by Gasteiger charge is -2.11. The highest BCUT2D eigenvalue weighted by molar-refractivity contribution is 5.70. The highest BCUT2D eigenvalue weighted by atomic mass is 16.6. The van der Waals surface area contributed by atoms with Crippen molar-refractivity contribution in [1.82, 2.24) is 0 Å². The highest BCUT2D eigenvalue weighted by Crippen LogP contribution is 2.30. The average molecular weight is 254 g/mol. The fourth-order valence-corrected chi connectivity index (χ4v) is 1.46. The lowest BCUT2D eigenvalue weighted by Crippen LogP contribution is -2.16. The number of rotatable bonds is 5. The molecule has 0 aromatic heterocycles. The molecule has 0 aliphatic heterocycles. The van der Waals surface area contributed by atoms with Gasteiger partial charge in [0.25, 0.3) is 0 Å². The Morgan fingerprint density at radius 1 is 1.50 bits per heavy atom. The van der Waals surface area contributed by atoms with Gasteiger partial charge >= 0.3 is 11.7 Å². The number of hydrogen-bond acceptors (Lipinski definition) is 6. The van der Waals surface area contributed by atoms with E-state index in [1.165, 1.54) is 26.4 Å². The molecule has 0 aliphatic carbocycles. The summed E-state index contributed by atoms with van der Waals surface area (Å²) in [5, 5.41) is 10.8. The number of nitrogens with two attached hydrogens (primary N) is 1. The molecular weight excluding hydrogens is 240 g/mol. The summed E-state index contributed by atoms with van der Waals surface area (Å²) in [6.45, 7) is 0. The molecular formula is C11H14N2O5. The number of nitro groups is 1. The largest absolute Gasteiger partial charge is 0.490 e. The van der Waals surface area contributed by atoms with Crippen molar-refractivity contribution in [3.8, 4) is 5.75 Å². The van der Waals surface area contributed by atoms with Crippen LogP contribution in [0.2, 0.25) is 0 Å². The van der Waals surface area contributed by atoms with Crippen molar-refractivity contribution in [2.24, 2.45) is 5.73 Å². The van der Waals surface area contributed by atoms with E-state index in [9.17, 15) is 14.9 Å². The van der Waals surface area contributed by atoms with Gasteiger partial charge in [0.15, 0.2) is 5.75 Å². The number of nitro benzene ring substituents is 1. The van der Waals surface area contributed by atoms with Gasteiger partial charge in [0.05, 0.1) is 25.6 Å². The number of carbonyl (C=O) groups is 1. The Labute approximate surface area is 104 Å².